The van der Waals surface area contributed by atoms with Gasteiger partial charge in [0.25, 0.3) is 0 Å². The minimum Gasteiger partial charge on any atom is -0.491 e. The van der Waals surface area contributed by atoms with E-state index in [4.69, 9.17) is 4.74 Å². The Bertz CT molecular complexity index is 498. The lowest BCUT2D eigenvalue weighted by atomic mass is 10.3. The van der Waals surface area contributed by atoms with E-state index in [1.807, 2.05) is 37.6 Å². The van der Waals surface area contributed by atoms with Crippen LogP contribution in [0.15, 0.2) is 23.7 Å². The number of aromatic nitrogens is 1. The van der Waals surface area contributed by atoms with Gasteiger partial charge in [-0.1, -0.05) is 13.8 Å². The zero-order valence-electron chi connectivity index (χ0n) is 10.6. The first-order valence-corrected chi connectivity index (χ1v) is 6.90. The minimum absolute atomic E-state index is 0.296. The zero-order chi connectivity index (χ0) is 13.0. The Kier molecular flexibility index (Phi) is 4.52. The zero-order valence-corrected chi connectivity index (χ0v) is 11.4. The molecule has 0 spiro atoms. The van der Waals surface area contributed by atoms with Gasteiger partial charge in [-0.15, -0.1) is 11.3 Å². The smallest absolute Gasteiger partial charge is 0.121 e. The number of aliphatic hydroxyl groups excluding tert-OH is 1. The third kappa shape index (κ3) is 3.66. The summed E-state index contributed by atoms with van der Waals surface area (Å²) >= 11 is 1.58. The average molecular weight is 266 g/mol. The van der Waals surface area contributed by atoms with Gasteiger partial charge in [-0.25, -0.2) is 4.98 Å². The van der Waals surface area contributed by atoms with Crippen LogP contribution in [-0.4, -0.2) is 35.4 Å². The molecule has 1 aromatic heterocycles. The monoisotopic (exact) mass is 266 g/mol. The number of ether oxygens (including phenoxy) is 1. The molecule has 0 radical (unpaired) electrons. The molecule has 0 saturated carbocycles. The predicted octanol–water partition coefficient (Wildman–Crippen LogP) is 2.03. The van der Waals surface area contributed by atoms with Crippen LogP contribution >= 0.6 is 11.3 Å². The van der Waals surface area contributed by atoms with Crippen LogP contribution in [-0.2, 0) is 0 Å². The molecule has 1 heterocycles. The third-order valence-corrected chi connectivity index (χ3v) is 3.30. The number of aliphatic hydroxyl groups is 1. The van der Waals surface area contributed by atoms with E-state index in [1.165, 1.54) is 0 Å². The molecule has 2 rings (SSSR count). The minimum atomic E-state index is -0.496. The van der Waals surface area contributed by atoms with Crippen molar-refractivity contribution in [2.75, 3.05) is 13.2 Å². The summed E-state index contributed by atoms with van der Waals surface area (Å²) in [7, 11) is 0. The summed E-state index contributed by atoms with van der Waals surface area (Å²) in [5.41, 5.74) is 2.80. The second-order valence-corrected chi connectivity index (χ2v) is 5.40. The highest BCUT2D eigenvalue weighted by Gasteiger charge is 2.06. The number of hydrogen-bond acceptors (Lipinski definition) is 5. The van der Waals surface area contributed by atoms with Gasteiger partial charge >= 0.3 is 0 Å². The van der Waals surface area contributed by atoms with Crippen LogP contribution in [0.3, 0.4) is 0 Å². The van der Waals surface area contributed by atoms with Gasteiger partial charge in [-0.3, -0.25) is 0 Å². The van der Waals surface area contributed by atoms with Crippen LogP contribution < -0.4 is 10.1 Å². The van der Waals surface area contributed by atoms with Gasteiger partial charge in [-0.05, 0) is 18.2 Å². The molecule has 0 saturated heterocycles. The Balaban J connectivity index is 1.85. The summed E-state index contributed by atoms with van der Waals surface area (Å²) in [4.78, 5) is 4.21. The number of hydrogen-bond donors (Lipinski definition) is 2. The molecular weight excluding hydrogens is 248 g/mol. The SMILES string of the molecule is CC(C)NC[C@@H](O)COc1ccc2ncsc2c1. The van der Waals surface area contributed by atoms with Crippen molar-refractivity contribution >= 4 is 21.6 Å². The molecule has 1 aromatic carbocycles. The van der Waals surface area contributed by atoms with Crippen molar-refractivity contribution < 1.29 is 9.84 Å². The molecule has 18 heavy (non-hydrogen) atoms. The largest absolute Gasteiger partial charge is 0.491 e. The van der Waals surface area contributed by atoms with E-state index in [1.54, 1.807) is 11.3 Å². The standard InChI is InChI=1S/C13H18N2O2S/c1-9(2)14-6-10(16)7-17-11-3-4-12-13(5-11)18-8-15-12/h3-5,8-10,14,16H,6-7H2,1-2H3/t10-/m1/s1. The van der Waals surface area contributed by atoms with E-state index in [2.05, 4.69) is 10.3 Å². The summed E-state index contributed by atoms with van der Waals surface area (Å²) in [6, 6.07) is 6.13. The topological polar surface area (TPSA) is 54.4 Å². The molecule has 0 aliphatic carbocycles. The van der Waals surface area contributed by atoms with E-state index < -0.39 is 6.10 Å². The highest BCUT2D eigenvalue weighted by Crippen LogP contribution is 2.23. The van der Waals surface area contributed by atoms with Crippen molar-refractivity contribution in [1.82, 2.24) is 10.3 Å². The Morgan fingerprint density at radius 3 is 3.06 bits per heavy atom. The van der Waals surface area contributed by atoms with E-state index in [0.717, 1.165) is 16.0 Å². The van der Waals surface area contributed by atoms with Crippen LogP contribution in [0.4, 0.5) is 0 Å². The molecule has 4 nitrogen and oxygen atoms in total. The van der Waals surface area contributed by atoms with Gasteiger partial charge in [0, 0.05) is 12.6 Å². The summed E-state index contributed by atoms with van der Waals surface area (Å²) in [5.74, 6) is 0.773. The molecule has 98 valence electrons. The summed E-state index contributed by atoms with van der Waals surface area (Å²) < 4.78 is 6.67. The number of rotatable bonds is 6. The maximum Gasteiger partial charge on any atom is 0.121 e. The number of nitrogens with one attached hydrogen (secondary N) is 1. The van der Waals surface area contributed by atoms with E-state index in [9.17, 15) is 5.11 Å². The van der Waals surface area contributed by atoms with Crippen molar-refractivity contribution in [2.45, 2.75) is 26.0 Å². The second-order valence-electron chi connectivity index (χ2n) is 4.51. The van der Waals surface area contributed by atoms with E-state index >= 15 is 0 Å². The molecule has 5 heteroatoms. The van der Waals surface area contributed by atoms with Gasteiger partial charge in [0.15, 0.2) is 0 Å². The predicted molar refractivity (Wildman–Crippen MR) is 74.3 cm³/mol. The Morgan fingerprint density at radius 1 is 1.44 bits per heavy atom. The number of benzene rings is 1. The van der Waals surface area contributed by atoms with Crippen molar-refractivity contribution in [3.8, 4) is 5.75 Å². The number of thiazole rings is 1. The van der Waals surface area contributed by atoms with Crippen LogP contribution in [0.5, 0.6) is 5.75 Å². The Labute approximate surface area is 111 Å². The van der Waals surface area contributed by atoms with Crippen molar-refractivity contribution in [3.63, 3.8) is 0 Å². The molecule has 0 amide bonds. The third-order valence-electron chi connectivity index (χ3n) is 2.51. The highest BCUT2D eigenvalue weighted by atomic mass is 32.1. The fourth-order valence-corrected chi connectivity index (χ4v) is 2.25. The molecule has 0 aliphatic rings. The first kappa shape index (κ1) is 13.3. The van der Waals surface area contributed by atoms with Crippen molar-refractivity contribution in [2.24, 2.45) is 0 Å². The van der Waals surface area contributed by atoms with Gasteiger partial charge in [-0.2, -0.15) is 0 Å². The van der Waals surface area contributed by atoms with Crippen LogP contribution in [0.1, 0.15) is 13.8 Å². The van der Waals surface area contributed by atoms with Gasteiger partial charge in [0.1, 0.15) is 18.5 Å². The molecule has 0 unspecified atom stereocenters. The molecular formula is C13H18N2O2S. The molecule has 2 N–H and O–H groups in total. The Hall–Kier alpha value is -1.17. The molecule has 0 bridgehead atoms. The van der Waals surface area contributed by atoms with Crippen LogP contribution in [0.25, 0.3) is 10.2 Å². The quantitative estimate of drug-likeness (QED) is 0.840. The van der Waals surface area contributed by atoms with Gasteiger partial charge in [0.05, 0.1) is 15.7 Å². The number of fused-ring (bicyclic) bond motifs is 1. The van der Waals surface area contributed by atoms with Gasteiger partial charge in [0.2, 0.25) is 0 Å². The average Bonchev–Trinajstić information content (AvgIpc) is 2.81. The van der Waals surface area contributed by atoms with Crippen LogP contribution in [0, 0.1) is 0 Å². The van der Waals surface area contributed by atoms with E-state index in [-0.39, 0.29) is 0 Å². The summed E-state index contributed by atoms with van der Waals surface area (Å²) in [6.07, 6.45) is -0.496. The normalized spacial score (nSPS) is 13.1. The van der Waals surface area contributed by atoms with Crippen molar-refractivity contribution in [1.29, 1.82) is 0 Å². The lowest BCUT2D eigenvalue weighted by Gasteiger charge is -2.14. The fourth-order valence-electron chi connectivity index (χ4n) is 1.55. The Morgan fingerprint density at radius 2 is 2.28 bits per heavy atom. The lowest BCUT2D eigenvalue weighted by molar-refractivity contribution is 0.105. The molecule has 0 aliphatic heterocycles. The molecule has 2 aromatic rings. The molecule has 0 fully saturated rings. The maximum atomic E-state index is 9.74. The van der Waals surface area contributed by atoms with E-state index in [0.29, 0.717) is 19.2 Å². The van der Waals surface area contributed by atoms with Crippen LogP contribution in [0.2, 0.25) is 0 Å². The lowest BCUT2D eigenvalue weighted by Crippen LogP contribution is -2.35. The number of nitrogens with zero attached hydrogens (tertiary/aromatic N) is 1. The first-order chi connectivity index (χ1) is 8.65. The van der Waals surface area contributed by atoms with Gasteiger partial charge < -0.3 is 15.2 Å². The van der Waals surface area contributed by atoms with Crippen molar-refractivity contribution in [3.05, 3.63) is 23.7 Å². The summed E-state index contributed by atoms with van der Waals surface area (Å²) in [5, 5.41) is 12.9. The fraction of sp³-hybridized carbons (Fsp3) is 0.462. The summed E-state index contributed by atoms with van der Waals surface area (Å²) in [6.45, 7) is 4.93. The maximum absolute atomic E-state index is 9.74. The molecule has 1 atom stereocenters. The highest BCUT2D eigenvalue weighted by molar-refractivity contribution is 7.16. The second kappa shape index (κ2) is 6.13. The first-order valence-electron chi connectivity index (χ1n) is 6.02.